The lowest BCUT2D eigenvalue weighted by Crippen LogP contribution is -2.22. The second-order valence-corrected chi connectivity index (χ2v) is 6.99. The summed E-state index contributed by atoms with van der Waals surface area (Å²) in [5.74, 6) is 1.78. The first-order chi connectivity index (χ1) is 13.0. The van der Waals surface area contributed by atoms with Gasteiger partial charge in [-0.15, -0.1) is 0 Å². The summed E-state index contributed by atoms with van der Waals surface area (Å²) in [6.45, 7) is 4.34. The maximum absolute atomic E-state index is 12.8. The molecule has 0 saturated carbocycles. The number of hydrogen-bond donors (Lipinski definition) is 0. The summed E-state index contributed by atoms with van der Waals surface area (Å²) in [7, 11) is 1.58. The van der Waals surface area contributed by atoms with E-state index in [1.165, 1.54) is 16.4 Å². The fraction of sp³-hybridized carbons (Fsp3) is 0.238. The van der Waals surface area contributed by atoms with E-state index >= 15 is 0 Å². The number of hydrogen-bond acceptors (Lipinski definition) is 4. The van der Waals surface area contributed by atoms with E-state index in [2.05, 4.69) is 18.9 Å². The molecule has 0 spiro atoms. The lowest BCUT2D eigenvalue weighted by molar-refractivity contribution is 0.412. The van der Waals surface area contributed by atoms with Crippen LogP contribution in [0.4, 0.5) is 0 Å². The quantitative estimate of drug-likeness (QED) is 0.607. The van der Waals surface area contributed by atoms with Crippen molar-refractivity contribution in [3.8, 4) is 22.9 Å². The summed E-state index contributed by atoms with van der Waals surface area (Å²) in [4.78, 5) is 12.8. The van der Waals surface area contributed by atoms with Crippen molar-refractivity contribution in [3.63, 3.8) is 0 Å². The molecule has 27 heavy (non-hydrogen) atoms. The van der Waals surface area contributed by atoms with Gasteiger partial charge in [0.2, 0.25) is 5.75 Å². The van der Waals surface area contributed by atoms with E-state index in [4.69, 9.17) is 21.1 Å². The SMILES string of the molecule is COc1ccc(Oc2c(Cl)cnn(-c3ccc(CC(C)C)cc3)c2=O)cc1. The Balaban J connectivity index is 1.91. The molecule has 0 N–H and O–H groups in total. The zero-order valence-electron chi connectivity index (χ0n) is 15.5. The summed E-state index contributed by atoms with van der Waals surface area (Å²) in [6.07, 6.45) is 2.39. The summed E-state index contributed by atoms with van der Waals surface area (Å²) in [5, 5.41) is 4.30. The van der Waals surface area contributed by atoms with Gasteiger partial charge in [-0.05, 0) is 54.3 Å². The van der Waals surface area contributed by atoms with Crippen molar-refractivity contribution >= 4 is 11.6 Å². The molecule has 0 unspecified atom stereocenters. The van der Waals surface area contributed by atoms with E-state index in [1.807, 2.05) is 24.3 Å². The molecular weight excluding hydrogens is 364 g/mol. The molecular formula is C21H21ClN2O3. The normalized spacial score (nSPS) is 10.9. The largest absolute Gasteiger partial charge is 0.497 e. The molecule has 3 aromatic rings. The molecule has 0 atom stereocenters. The monoisotopic (exact) mass is 384 g/mol. The molecule has 0 aliphatic carbocycles. The molecule has 0 amide bonds. The van der Waals surface area contributed by atoms with Crippen molar-refractivity contribution in [2.24, 2.45) is 5.92 Å². The molecule has 0 fully saturated rings. The lowest BCUT2D eigenvalue weighted by Gasteiger charge is -2.11. The minimum absolute atomic E-state index is 0.0306. The number of halogens is 1. The van der Waals surface area contributed by atoms with Gasteiger partial charge in [0, 0.05) is 0 Å². The van der Waals surface area contributed by atoms with Crippen LogP contribution in [0.1, 0.15) is 19.4 Å². The number of nitrogens with zero attached hydrogens (tertiary/aromatic N) is 2. The molecule has 1 heterocycles. The highest BCUT2D eigenvalue weighted by molar-refractivity contribution is 6.31. The molecule has 0 aliphatic rings. The Morgan fingerprint density at radius 1 is 1.04 bits per heavy atom. The Bertz CT molecular complexity index is 964. The molecule has 3 rings (SSSR count). The van der Waals surface area contributed by atoms with E-state index in [9.17, 15) is 4.79 Å². The van der Waals surface area contributed by atoms with Gasteiger partial charge < -0.3 is 9.47 Å². The summed E-state index contributed by atoms with van der Waals surface area (Å²) in [6, 6.07) is 14.7. The smallest absolute Gasteiger partial charge is 0.316 e. The highest BCUT2D eigenvalue weighted by Crippen LogP contribution is 2.27. The molecule has 6 heteroatoms. The summed E-state index contributed by atoms with van der Waals surface area (Å²) >= 11 is 6.15. The predicted octanol–water partition coefficient (Wildman–Crippen LogP) is 4.89. The van der Waals surface area contributed by atoms with Crippen molar-refractivity contribution in [1.82, 2.24) is 9.78 Å². The third-order valence-corrected chi connectivity index (χ3v) is 4.26. The van der Waals surface area contributed by atoms with Crippen LogP contribution in [0.15, 0.2) is 59.5 Å². The highest BCUT2D eigenvalue weighted by Gasteiger charge is 2.14. The number of rotatable bonds is 6. The van der Waals surface area contributed by atoms with E-state index in [0.717, 1.165) is 6.42 Å². The molecule has 0 bridgehead atoms. The fourth-order valence-corrected chi connectivity index (χ4v) is 2.86. The Hall–Kier alpha value is -2.79. The summed E-state index contributed by atoms with van der Waals surface area (Å²) < 4.78 is 12.1. The Morgan fingerprint density at radius 3 is 2.26 bits per heavy atom. The average molecular weight is 385 g/mol. The molecule has 140 valence electrons. The van der Waals surface area contributed by atoms with Crippen LogP contribution in [0.2, 0.25) is 5.02 Å². The van der Waals surface area contributed by atoms with E-state index < -0.39 is 5.56 Å². The van der Waals surface area contributed by atoms with E-state index in [1.54, 1.807) is 31.4 Å². The maximum atomic E-state index is 12.8. The zero-order valence-corrected chi connectivity index (χ0v) is 16.2. The number of aromatic nitrogens is 2. The van der Waals surface area contributed by atoms with Gasteiger partial charge in [-0.1, -0.05) is 37.6 Å². The molecule has 0 radical (unpaired) electrons. The average Bonchev–Trinajstić information content (AvgIpc) is 2.66. The molecule has 0 saturated heterocycles. The first kappa shape index (κ1) is 19.0. The van der Waals surface area contributed by atoms with Crippen molar-refractivity contribution in [3.05, 3.63) is 75.7 Å². The lowest BCUT2D eigenvalue weighted by atomic mass is 10.0. The number of benzene rings is 2. The zero-order chi connectivity index (χ0) is 19.4. The Kier molecular flexibility index (Phi) is 5.81. The Labute approximate surface area is 163 Å². The number of ether oxygens (including phenoxy) is 2. The first-order valence-corrected chi connectivity index (χ1v) is 9.05. The van der Waals surface area contributed by atoms with E-state index in [-0.39, 0.29) is 10.8 Å². The highest BCUT2D eigenvalue weighted by atomic mass is 35.5. The van der Waals surface area contributed by atoms with Crippen LogP contribution in [0, 0.1) is 5.92 Å². The third-order valence-electron chi connectivity index (χ3n) is 3.99. The van der Waals surface area contributed by atoms with Crippen LogP contribution in [-0.4, -0.2) is 16.9 Å². The van der Waals surface area contributed by atoms with Crippen molar-refractivity contribution in [2.75, 3.05) is 7.11 Å². The number of methoxy groups -OCH3 is 1. The van der Waals surface area contributed by atoms with Crippen LogP contribution in [-0.2, 0) is 6.42 Å². The van der Waals surface area contributed by atoms with Gasteiger partial charge in [-0.2, -0.15) is 9.78 Å². The summed E-state index contributed by atoms with van der Waals surface area (Å²) in [5.41, 5.74) is 1.45. The van der Waals surface area contributed by atoms with Gasteiger partial charge in [0.15, 0.2) is 0 Å². The Morgan fingerprint density at radius 2 is 1.67 bits per heavy atom. The van der Waals surface area contributed by atoms with Gasteiger partial charge in [-0.3, -0.25) is 4.79 Å². The molecule has 1 aromatic heterocycles. The fourth-order valence-electron chi connectivity index (χ4n) is 2.70. The second kappa shape index (κ2) is 8.27. The van der Waals surface area contributed by atoms with E-state index in [0.29, 0.717) is 23.1 Å². The van der Waals surface area contributed by atoms with Crippen LogP contribution >= 0.6 is 11.6 Å². The molecule has 5 nitrogen and oxygen atoms in total. The van der Waals surface area contributed by atoms with Crippen molar-refractivity contribution in [2.45, 2.75) is 20.3 Å². The minimum atomic E-state index is -0.421. The predicted molar refractivity (Wildman–Crippen MR) is 106 cm³/mol. The topological polar surface area (TPSA) is 53.4 Å². The van der Waals surface area contributed by atoms with Gasteiger partial charge in [-0.25, -0.2) is 0 Å². The van der Waals surface area contributed by atoms with Gasteiger partial charge in [0.25, 0.3) is 0 Å². The van der Waals surface area contributed by atoms with Crippen LogP contribution in [0.3, 0.4) is 0 Å². The van der Waals surface area contributed by atoms with Crippen LogP contribution < -0.4 is 15.0 Å². The second-order valence-electron chi connectivity index (χ2n) is 6.58. The van der Waals surface area contributed by atoms with Crippen molar-refractivity contribution < 1.29 is 9.47 Å². The third kappa shape index (κ3) is 4.49. The van der Waals surface area contributed by atoms with Crippen LogP contribution in [0.5, 0.6) is 17.2 Å². The minimum Gasteiger partial charge on any atom is -0.497 e. The molecule has 2 aromatic carbocycles. The standard InChI is InChI=1S/C21H21ClN2O3/c1-14(2)12-15-4-6-16(7-5-15)24-21(25)20(19(22)13-23-24)27-18-10-8-17(26-3)9-11-18/h4-11,13-14H,12H2,1-3H3. The van der Waals surface area contributed by atoms with Crippen molar-refractivity contribution in [1.29, 1.82) is 0 Å². The van der Waals surface area contributed by atoms with Crippen LogP contribution in [0.25, 0.3) is 5.69 Å². The molecule has 0 aliphatic heterocycles. The van der Waals surface area contributed by atoms with Gasteiger partial charge in [0.1, 0.15) is 16.5 Å². The first-order valence-electron chi connectivity index (χ1n) is 8.67. The van der Waals surface area contributed by atoms with Gasteiger partial charge in [0.05, 0.1) is 19.0 Å². The van der Waals surface area contributed by atoms with Gasteiger partial charge >= 0.3 is 5.56 Å². The maximum Gasteiger partial charge on any atom is 0.316 e.